The summed E-state index contributed by atoms with van der Waals surface area (Å²) in [5.74, 6) is 0.604. The van der Waals surface area contributed by atoms with Crippen molar-refractivity contribution in [3.63, 3.8) is 0 Å². The summed E-state index contributed by atoms with van der Waals surface area (Å²) in [6.07, 6.45) is 2.45. The smallest absolute Gasteiger partial charge is 0.143 e. The van der Waals surface area contributed by atoms with Crippen LogP contribution in [-0.2, 0) is 4.74 Å². The maximum absolute atomic E-state index is 8.81. The van der Waals surface area contributed by atoms with Gasteiger partial charge in [-0.2, -0.15) is 5.26 Å². The first-order valence-corrected chi connectivity index (χ1v) is 5.16. The van der Waals surface area contributed by atoms with E-state index in [0.29, 0.717) is 31.1 Å². The molecule has 1 aromatic rings. The Hall–Kier alpha value is -1.64. The molecule has 5 heteroatoms. The van der Waals surface area contributed by atoms with Crippen LogP contribution in [0.25, 0.3) is 0 Å². The summed E-state index contributed by atoms with van der Waals surface area (Å²) in [5, 5.41) is 20.4. The number of aliphatic hydroxyl groups is 1. The first-order valence-electron chi connectivity index (χ1n) is 5.16. The maximum atomic E-state index is 8.81. The van der Waals surface area contributed by atoms with Crippen LogP contribution in [0, 0.1) is 11.3 Å². The lowest BCUT2D eigenvalue weighted by molar-refractivity contribution is 0.0922. The van der Waals surface area contributed by atoms with E-state index in [2.05, 4.69) is 16.4 Å². The number of rotatable bonds is 7. The van der Waals surface area contributed by atoms with Gasteiger partial charge in [-0.3, -0.25) is 0 Å². The minimum Gasteiger partial charge on any atom is -0.394 e. The maximum Gasteiger partial charge on any atom is 0.143 e. The van der Waals surface area contributed by atoms with E-state index >= 15 is 0 Å². The molecule has 16 heavy (non-hydrogen) atoms. The Morgan fingerprint density at radius 2 is 2.38 bits per heavy atom. The molecule has 0 saturated heterocycles. The van der Waals surface area contributed by atoms with Gasteiger partial charge >= 0.3 is 0 Å². The fraction of sp³-hybridized carbons (Fsp3) is 0.455. The number of hydrogen-bond acceptors (Lipinski definition) is 5. The molecule has 2 N–H and O–H groups in total. The number of nitrogens with one attached hydrogen (secondary N) is 1. The average Bonchev–Trinajstić information content (AvgIpc) is 2.34. The molecule has 0 aliphatic heterocycles. The van der Waals surface area contributed by atoms with Crippen LogP contribution in [0.2, 0.25) is 0 Å². The van der Waals surface area contributed by atoms with Crippen molar-refractivity contribution in [3.05, 3.63) is 23.9 Å². The molecule has 1 heterocycles. The predicted octanol–water partition coefficient (Wildman–Crippen LogP) is 0.764. The second-order valence-electron chi connectivity index (χ2n) is 3.13. The van der Waals surface area contributed by atoms with Crippen molar-refractivity contribution < 1.29 is 9.84 Å². The summed E-state index contributed by atoms with van der Waals surface area (Å²) in [5.41, 5.74) is 0.541. The lowest BCUT2D eigenvalue weighted by atomic mass is 10.3. The van der Waals surface area contributed by atoms with Crippen molar-refractivity contribution in [1.82, 2.24) is 4.98 Å². The summed E-state index contributed by atoms with van der Waals surface area (Å²) in [6, 6.07) is 5.52. The number of nitrogens with zero attached hydrogens (tertiary/aromatic N) is 2. The van der Waals surface area contributed by atoms with Crippen molar-refractivity contribution in [3.8, 4) is 6.07 Å². The van der Waals surface area contributed by atoms with Gasteiger partial charge in [0, 0.05) is 19.3 Å². The molecule has 0 amide bonds. The van der Waals surface area contributed by atoms with E-state index in [1.807, 2.05) is 0 Å². The van der Waals surface area contributed by atoms with Crippen LogP contribution in [0.4, 0.5) is 5.82 Å². The molecular formula is C11H15N3O2. The van der Waals surface area contributed by atoms with E-state index in [-0.39, 0.29) is 6.61 Å². The standard InChI is InChI=1S/C11H15N3O2/c12-9-10-3-1-4-13-11(10)14-5-2-7-16-8-6-15/h1,3-4,15H,2,5-8H2,(H,13,14). The summed E-state index contributed by atoms with van der Waals surface area (Å²) in [6.45, 7) is 1.69. The van der Waals surface area contributed by atoms with Gasteiger partial charge in [-0.05, 0) is 18.6 Å². The molecule has 0 spiro atoms. The fourth-order valence-corrected chi connectivity index (χ4v) is 1.18. The van der Waals surface area contributed by atoms with E-state index < -0.39 is 0 Å². The highest BCUT2D eigenvalue weighted by atomic mass is 16.5. The molecule has 0 atom stereocenters. The first kappa shape index (κ1) is 12.4. The van der Waals surface area contributed by atoms with Crippen LogP contribution in [0.1, 0.15) is 12.0 Å². The van der Waals surface area contributed by atoms with Crippen LogP contribution >= 0.6 is 0 Å². The normalized spacial score (nSPS) is 9.75. The number of hydrogen-bond donors (Lipinski definition) is 2. The van der Waals surface area contributed by atoms with Crippen LogP contribution in [-0.4, -0.2) is 36.5 Å². The minimum absolute atomic E-state index is 0.0479. The Kier molecular flexibility index (Phi) is 5.92. The van der Waals surface area contributed by atoms with Gasteiger partial charge in [-0.1, -0.05) is 0 Å². The third-order valence-corrected chi connectivity index (χ3v) is 1.92. The van der Waals surface area contributed by atoms with Gasteiger partial charge in [-0.15, -0.1) is 0 Å². The Morgan fingerprint density at radius 3 is 3.12 bits per heavy atom. The Bertz CT molecular complexity index is 349. The number of anilines is 1. The van der Waals surface area contributed by atoms with Crippen molar-refractivity contribution in [2.24, 2.45) is 0 Å². The van der Waals surface area contributed by atoms with Gasteiger partial charge in [0.15, 0.2) is 0 Å². The third kappa shape index (κ3) is 4.26. The number of aromatic nitrogens is 1. The molecule has 0 radical (unpaired) electrons. The summed E-state index contributed by atoms with van der Waals surface area (Å²) < 4.78 is 5.10. The summed E-state index contributed by atoms with van der Waals surface area (Å²) in [7, 11) is 0. The Morgan fingerprint density at radius 1 is 1.50 bits per heavy atom. The van der Waals surface area contributed by atoms with E-state index in [1.165, 1.54) is 0 Å². The number of ether oxygens (including phenoxy) is 1. The number of aliphatic hydroxyl groups excluding tert-OH is 1. The molecule has 0 bridgehead atoms. The van der Waals surface area contributed by atoms with Crippen LogP contribution in [0.3, 0.4) is 0 Å². The van der Waals surface area contributed by atoms with Gasteiger partial charge in [0.05, 0.1) is 18.8 Å². The van der Waals surface area contributed by atoms with Gasteiger partial charge < -0.3 is 15.2 Å². The largest absolute Gasteiger partial charge is 0.394 e. The highest BCUT2D eigenvalue weighted by molar-refractivity contribution is 5.50. The van der Waals surface area contributed by atoms with Gasteiger partial charge in [0.2, 0.25) is 0 Å². The predicted molar refractivity (Wildman–Crippen MR) is 60.0 cm³/mol. The molecule has 86 valence electrons. The van der Waals surface area contributed by atoms with E-state index in [9.17, 15) is 0 Å². The molecule has 0 saturated carbocycles. The monoisotopic (exact) mass is 221 g/mol. The zero-order valence-corrected chi connectivity index (χ0v) is 9.02. The summed E-state index contributed by atoms with van der Waals surface area (Å²) >= 11 is 0. The zero-order valence-electron chi connectivity index (χ0n) is 9.02. The second-order valence-corrected chi connectivity index (χ2v) is 3.13. The van der Waals surface area contributed by atoms with Gasteiger partial charge in [0.25, 0.3) is 0 Å². The van der Waals surface area contributed by atoms with Crippen molar-refractivity contribution in [1.29, 1.82) is 5.26 Å². The quantitative estimate of drug-likeness (QED) is 0.665. The molecular weight excluding hydrogens is 206 g/mol. The van der Waals surface area contributed by atoms with E-state index in [0.717, 1.165) is 6.42 Å². The molecule has 1 aromatic heterocycles. The molecule has 5 nitrogen and oxygen atoms in total. The Balaban J connectivity index is 2.24. The van der Waals surface area contributed by atoms with E-state index in [4.69, 9.17) is 15.1 Å². The van der Waals surface area contributed by atoms with Gasteiger partial charge in [-0.25, -0.2) is 4.98 Å². The zero-order chi connectivity index (χ0) is 11.6. The lowest BCUT2D eigenvalue weighted by Gasteiger charge is -2.06. The molecule has 0 aromatic carbocycles. The van der Waals surface area contributed by atoms with Crippen molar-refractivity contribution >= 4 is 5.82 Å². The molecule has 0 aliphatic rings. The lowest BCUT2D eigenvalue weighted by Crippen LogP contribution is -2.09. The number of nitriles is 1. The molecule has 0 aliphatic carbocycles. The molecule has 0 fully saturated rings. The van der Waals surface area contributed by atoms with Crippen LogP contribution in [0.15, 0.2) is 18.3 Å². The van der Waals surface area contributed by atoms with Crippen LogP contribution < -0.4 is 5.32 Å². The topological polar surface area (TPSA) is 78.2 Å². The van der Waals surface area contributed by atoms with Crippen molar-refractivity contribution in [2.45, 2.75) is 6.42 Å². The highest BCUT2D eigenvalue weighted by Gasteiger charge is 2.00. The summed E-state index contributed by atoms with van der Waals surface area (Å²) in [4.78, 5) is 4.07. The van der Waals surface area contributed by atoms with Crippen LogP contribution in [0.5, 0.6) is 0 Å². The van der Waals surface area contributed by atoms with Crippen molar-refractivity contribution in [2.75, 3.05) is 31.7 Å². The fourth-order valence-electron chi connectivity index (χ4n) is 1.18. The third-order valence-electron chi connectivity index (χ3n) is 1.92. The second kappa shape index (κ2) is 7.63. The van der Waals surface area contributed by atoms with E-state index in [1.54, 1.807) is 18.3 Å². The average molecular weight is 221 g/mol. The number of pyridine rings is 1. The SMILES string of the molecule is N#Cc1cccnc1NCCCOCCO. The Labute approximate surface area is 94.7 Å². The minimum atomic E-state index is 0.0479. The molecule has 1 rings (SSSR count). The molecule has 0 unspecified atom stereocenters. The van der Waals surface area contributed by atoms with Gasteiger partial charge in [0.1, 0.15) is 11.9 Å². The highest BCUT2D eigenvalue weighted by Crippen LogP contribution is 2.08. The first-order chi connectivity index (χ1) is 7.88.